The van der Waals surface area contributed by atoms with Gasteiger partial charge in [-0.1, -0.05) is 0 Å². The normalized spacial score (nSPS) is 11.9. The Morgan fingerprint density at radius 3 is 2.85 bits per heavy atom. The molecule has 7 heteroatoms. The van der Waals surface area contributed by atoms with Crippen LogP contribution in [-0.2, 0) is 10.5 Å². The lowest BCUT2D eigenvalue weighted by Gasteiger charge is -2.10. The highest BCUT2D eigenvalue weighted by atomic mass is 32.2. The minimum Gasteiger partial charge on any atom is -0.494 e. The fourth-order valence-corrected chi connectivity index (χ4v) is 4.17. The molecule has 1 atom stereocenters. The molecule has 3 aromatic rings. The van der Waals surface area contributed by atoms with E-state index in [9.17, 15) is 4.79 Å². The van der Waals surface area contributed by atoms with Gasteiger partial charge in [-0.05, 0) is 50.2 Å². The van der Waals surface area contributed by atoms with Crippen LogP contribution in [0.5, 0.6) is 5.75 Å². The molecule has 2 heterocycles. The number of carbonyl (C=O) groups is 1. The first-order valence-corrected chi connectivity index (χ1v) is 10.8. The van der Waals surface area contributed by atoms with Crippen molar-refractivity contribution in [2.45, 2.75) is 25.6 Å². The lowest BCUT2D eigenvalue weighted by molar-refractivity contribution is -0.119. The van der Waals surface area contributed by atoms with Crippen LogP contribution in [0.2, 0.25) is 0 Å². The van der Waals surface area contributed by atoms with Gasteiger partial charge in [0.2, 0.25) is 5.91 Å². The van der Waals surface area contributed by atoms with Crippen LogP contribution in [-0.4, -0.2) is 23.3 Å². The Morgan fingerprint density at radius 1 is 1.33 bits per heavy atom. The highest BCUT2D eigenvalue weighted by Gasteiger charge is 2.12. The number of rotatable bonds is 9. The summed E-state index contributed by atoms with van der Waals surface area (Å²) >= 11 is 3.16. The monoisotopic (exact) mass is 402 g/mol. The van der Waals surface area contributed by atoms with Crippen LogP contribution in [0.1, 0.15) is 31.3 Å². The summed E-state index contributed by atoms with van der Waals surface area (Å²) in [5.41, 5.74) is 2.06. The largest absolute Gasteiger partial charge is 0.494 e. The average Bonchev–Trinajstić information content (AvgIpc) is 3.35. The summed E-state index contributed by atoms with van der Waals surface area (Å²) in [6.45, 7) is 4.54. The molecule has 1 N–H and O–H groups in total. The van der Waals surface area contributed by atoms with Crippen molar-refractivity contribution in [3.63, 3.8) is 0 Å². The van der Waals surface area contributed by atoms with Crippen molar-refractivity contribution in [3.05, 3.63) is 59.5 Å². The van der Waals surface area contributed by atoms with Crippen LogP contribution >= 0.6 is 23.1 Å². The third kappa shape index (κ3) is 5.61. The quantitative estimate of drug-likeness (QED) is 0.551. The second kappa shape index (κ2) is 9.62. The van der Waals surface area contributed by atoms with E-state index in [0.717, 1.165) is 27.8 Å². The van der Waals surface area contributed by atoms with Crippen molar-refractivity contribution in [3.8, 4) is 16.3 Å². The average molecular weight is 403 g/mol. The molecule has 1 unspecified atom stereocenters. The maximum absolute atomic E-state index is 12.0. The van der Waals surface area contributed by atoms with E-state index in [2.05, 4.69) is 10.3 Å². The van der Waals surface area contributed by atoms with Crippen molar-refractivity contribution in [2.75, 3.05) is 12.4 Å². The van der Waals surface area contributed by atoms with Crippen LogP contribution in [0.4, 0.5) is 0 Å². The topological polar surface area (TPSA) is 64.4 Å². The van der Waals surface area contributed by atoms with Gasteiger partial charge >= 0.3 is 0 Å². The number of aromatic nitrogens is 1. The number of furan rings is 1. The number of nitrogens with zero attached hydrogens (tertiary/aromatic N) is 1. The van der Waals surface area contributed by atoms with E-state index in [0.29, 0.717) is 18.1 Å². The van der Waals surface area contributed by atoms with Gasteiger partial charge in [-0.3, -0.25) is 4.79 Å². The van der Waals surface area contributed by atoms with Gasteiger partial charge < -0.3 is 14.5 Å². The van der Waals surface area contributed by atoms with Gasteiger partial charge in [-0.25, -0.2) is 4.98 Å². The Hall–Kier alpha value is -2.25. The summed E-state index contributed by atoms with van der Waals surface area (Å²) in [6, 6.07) is 11.5. The first-order valence-electron chi connectivity index (χ1n) is 8.74. The van der Waals surface area contributed by atoms with E-state index < -0.39 is 0 Å². The summed E-state index contributed by atoms with van der Waals surface area (Å²) in [7, 11) is 0. The molecule has 0 spiro atoms. The second-order valence-electron chi connectivity index (χ2n) is 5.90. The number of carbonyl (C=O) groups excluding carboxylic acids is 1. The maximum atomic E-state index is 12.0. The van der Waals surface area contributed by atoms with Gasteiger partial charge in [0.05, 0.1) is 30.4 Å². The third-order valence-electron chi connectivity index (χ3n) is 3.79. The zero-order valence-corrected chi connectivity index (χ0v) is 16.9. The molecule has 5 nitrogen and oxygen atoms in total. The molecule has 0 radical (unpaired) electrons. The van der Waals surface area contributed by atoms with Crippen LogP contribution in [0.25, 0.3) is 10.6 Å². The standard InChI is InChI=1S/C20H22N2O3S2/c1-3-24-17-8-6-15(7-9-17)20-22-16(12-27-20)11-26-13-19(23)21-14(2)18-5-4-10-25-18/h4-10,12,14H,3,11,13H2,1-2H3,(H,21,23). The highest BCUT2D eigenvalue weighted by molar-refractivity contribution is 7.99. The number of ether oxygens (including phenoxy) is 1. The molecule has 0 saturated carbocycles. The first kappa shape index (κ1) is 19.5. The molecule has 1 amide bonds. The van der Waals surface area contributed by atoms with E-state index >= 15 is 0 Å². The number of benzene rings is 1. The Morgan fingerprint density at radius 2 is 2.15 bits per heavy atom. The number of nitrogens with one attached hydrogen (secondary N) is 1. The van der Waals surface area contributed by atoms with E-state index in [-0.39, 0.29) is 11.9 Å². The Bertz CT molecular complexity index is 845. The second-order valence-corrected chi connectivity index (χ2v) is 7.74. The summed E-state index contributed by atoms with van der Waals surface area (Å²) in [6.07, 6.45) is 1.61. The predicted octanol–water partition coefficient (Wildman–Crippen LogP) is 4.91. The van der Waals surface area contributed by atoms with Gasteiger partial charge in [-0.2, -0.15) is 0 Å². The zero-order valence-electron chi connectivity index (χ0n) is 15.3. The number of hydrogen-bond acceptors (Lipinski definition) is 6. The van der Waals surface area contributed by atoms with Crippen LogP contribution in [0.15, 0.2) is 52.5 Å². The van der Waals surface area contributed by atoms with Gasteiger partial charge in [-0.15, -0.1) is 23.1 Å². The molecule has 0 saturated heterocycles. The molecule has 0 aliphatic rings. The van der Waals surface area contributed by atoms with E-state index in [1.165, 1.54) is 0 Å². The molecule has 0 bridgehead atoms. The van der Waals surface area contributed by atoms with Crippen LogP contribution in [0, 0.1) is 0 Å². The van der Waals surface area contributed by atoms with Gasteiger partial charge in [0, 0.05) is 16.7 Å². The van der Waals surface area contributed by atoms with Crippen molar-refractivity contribution in [2.24, 2.45) is 0 Å². The number of hydrogen-bond donors (Lipinski definition) is 1. The zero-order chi connectivity index (χ0) is 19.1. The number of thiazole rings is 1. The summed E-state index contributed by atoms with van der Waals surface area (Å²) < 4.78 is 10.8. The van der Waals surface area contributed by atoms with Crippen LogP contribution in [0.3, 0.4) is 0 Å². The molecular formula is C20H22N2O3S2. The van der Waals surface area contributed by atoms with Crippen molar-refractivity contribution in [1.82, 2.24) is 10.3 Å². The molecule has 2 aromatic heterocycles. The first-order chi connectivity index (χ1) is 13.2. The van der Waals surface area contributed by atoms with Crippen molar-refractivity contribution < 1.29 is 13.9 Å². The van der Waals surface area contributed by atoms with Gasteiger partial charge in [0.1, 0.15) is 16.5 Å². The Balaban J connectivity index is 1.46. The molecule has 0 fully saturated rings. The van der Waals surface area contributed by atoms with E-state index in [1.54, 1.807) is 29.4 Å². The number of amides is 1. The third-order valence-corrected chi connectivity index (χ3v) is 5.70. The summed E-state index contributed by atoms with van der Waals surface area (Å²) in [5.74, 6) is 2.71. The van der Waals surface area contributed by atoms with Crippen LogP contribution < -0.4 is 10.1 Å². The Kier molecular flexibility index (Phi) is 6.95. The molecule has 0 aliphatic carbocycles. The van der Waals surface area contributed by atoms with Gasteiger partial charge in [0.15, 0.2) is 0 Å². The lowest BCUT2D eigenvalue weighted by Crippen LogP contribution is -2.27. The summed E-state index contributed by atoms with van der Waals surface area (Å²) in [4.78, 5) is 16.7. The highest BCUT2D eigenvalue weighted by Crippen LogP contribution is 2.27. The fraction of sp³-hybridized carbons (Fsp3) is 0.300. The van der Waals surface area contributed by atoms with E-state index in [1.807, 2.05) is 55.6 Å². The van der Waals surface area contributed by atoms with E-state index in [4.69, 9.17) is 9.15 Å². The number of thioether (sulfide) groups is 1. The molecule has 3 rings (SSSR count). The SMILES string of the molecule is CCOc1ccc(-c2nc(CSCC(=O)NC(C)c3ccco3)cs2)cc1. The van der Waals surface area contributed by atoms with Gasteiger partial charge in [0.25, 0.3) is 0 Å². The van der Waals surface area contributed by atoms with Crippen molar-refractivity contribution in [1.29, 1.82) is 0 Å². The smallest absolute Gasteiger partial charge is 0.230 e. The molecule has 0 aliphatic heterocycles. The minimum absolute atomic E-state index is 0.00846. The lowest BCUT2D eigenvalue weighted by atomic mass is 10.2. The van der Waals surface area contributed by atoms with Crippen molar-refractivity contribution >= 4 is 29.0 Å². The molecule has 142 valence electrons. The molecule has 27 heavy (non-hydrogen) atoms. The summed E-state index contributed by atoms with van der Waals surface area (Å²) in [5, 5.41) is 5.95. The predicted molar refractivity (Wildman–Crippen MR) is 110 cm³/mol. The fourth-order valence-electron chi connectivity index (χ4n) is 2.51. The maximum Gasteiger partial charge on any atom is 0.230 e. The minimum atomic E-state index is -0.126. The molecular weight excluding hydrogens is 380 g/mol. The molecule has 1 aromatic carbocycles. The Labute approximate surface area is 167 Å².